The van der Waals surface area contributed by atoms with E-state index in [9.17, 15) is 19.0 Å². The van der Waals surface area contributed by atoms with Gasteiger partial charge in [-0.2, -0.15) is 0 Å². The first-order chi connectivity index (χ1) is 9.59. The topological polar surface area (TPSA) is 40.5 Å². The summed E-state index contributed by atoms with van der Waals surface area (Å²) in [6, 6.07) is 12.2. The second-order valence-corrected chi connectivity index (χ2v) is 4.92. The number of benzene rings is 2. The smallest absolute Gasteiger partial charge is 0.126 e. The zero-order valence-electron chi connectivity index (χ0n) is 10.9. The van der Waals surface area contributed by atoms with Gasteiger partial charge in [-0.05, 0) is 29.7 Å². The van der Waals surface area contributed by atoms with Crippen LogP contribution in [0, 0.1) is 11.6 Å². The second kappa shape index (κ2) is 6.11. The minimum atomic E-state index is -0.957. The molecule has 0 atom stereocenters. The van der Waals surface area contributed by atoms with E-state index < -0.39 is 17.0 Å². The van der Waals surface area contributed by atoms with Gasteiger partial charge in [0.15, 0.2) is 0 Å². The van der Waals surface area contributed by atoms with Crippen LogP contribution in [0.2, 0.25) is 0 Å². The molecule has 2 rings (SSSR count). The maximum atomic E-state index is 13.2. The van der Waals surface area contributed by atoms with Crippen LogP contribution >= 0.6 is 0 Å². The number of halogens is 2. The molecule has 0 spiro atoms. The second-order valence-electron chi connectivity index (χ2n) is 4.92. The highest BCUT2D eigenvalue weighted by Crippen LogP contribution is 2.28. The van der Waals surface area contributed by atoms with Gasteiger partial charge in [0.25, 0.3) is 0 Å². The van der Waals surface area contributed by atoms with Gasteiger partial charge < -0.3 is 10.2 Å². The number of hydrogen-bond acceptors (Lipinski definition) is 2. The number of rotatable bonds is 5. The molecule has 0 bridgehead atoms. The quantitative estimate of drug-likeness (QED) is 0.882. The summed E-state index contributed by atoms with van der Waals surface area (Å²) in [6.07, 6.45) is 0.151. The molecule has 0 aromatic heterocycles. The molecule has 0 saturated heterocycles. The average molecular weight is 278 g/mol. The molecular formula is C16H16F2O2. The Morgan fingerprint density at radius 1 is 0.850 bits per heavy atom. The largest absolute Gasteiger partial charge is 0.395 e. The Bertz CT molecular complexity index is 546. The van der Waals surface area contributed by atoms with Crippen molar-refractivity contribution in [3.63, 3.8) is 0 Å². The maximum Gasteiger partial charge on any atom is 0.126 e. The van der Waals surface area contributed by atoms with Crippen molar-refractivity contribution in [2.75, 3.05) is 13.2 Å². The summed E-state index contributed by atoms with van der Waals surface area (Å²) in [5.74, 6) is -1.34. The fourth-order valence-electron chi connectivity index (χ4n) is 2.34. The summed E-state index contributed by atoms with van der Waals surface area (Å²) >= 11 is 0. The Morgan fingerprint density at radius 2 is 1.40 bits per heavy atom. The lowest BCUT2D eigenvalue weighted by molar-refractivity contribution is 0.116. The molecule has 2 nitrogen and oxygen atoms in total. The average Bonchev–Trinajstić information content (AvgIpc) is 2.45. The van der Waals surface area contributed by atoms with E-state index in [1.165, 1.54) is 12.1 Å². The SMILES string of the molecule is OCC(CO)(Cc1cc(F)cc(F)c1)c1ccccc1. The number of aliphatic hydroxyl groups is 2. The van der Waals surface area contributed by atoms with Gasteiger partial charge in [-0.15, -0.1) is 0 Å². The standard InChI is InChI=1S/C16H16F2O2/c17-14-6-12(7-15(18)8-14)9-16(10-19,11-20)13-4-2-1-3-5-13/h1-8,19-20H,9-11H2. The van der Waals surface area contributed by atoms with Crippen molar-refractivity contribution in [1.29, 1.82) is 0 Å². The first-order valence-electron chi connectivity index (χ1n) is 6.32. The van der Waals surface area contributed by atoms with Crippen molar-refractivity contribution in [1.82, 2.24) is 0 Å². The van der Waals surface area contributed by atoms with Crippen molar-refractivity contribution in [3.05, 3.63) is 71.3 Å². The first-order valence-corrected chi connectivity index (χ1v) is 6.32. The van der Waals surface area contributed by atoms with Crippen molar-refractivity contribution in [2.45, 2.75) is 11.8 Å². The molecule has 2 N–H and O–H groups in total. The third-order valence-corrected chi connectivity index (χ3v) is 3.46. The van der Waals surface area contributed by atoms with Gasteiger partial charge in [0.2, 0.25) is 0 Å². The Hall–Kier alpha value is -1.78. The van der Waals surface area contributed by atoms with Gasteiger partial charge in [-0.3, -0.25) is 0 Å². The fraction of sp³-hybridized carbons (Fsp3) is 0.250. The van der Waals surface area contributed by atoms with Crippen LogP contribution in [0.15, 0.2) is 48.5 Å². The first kappa shape index (κ1) is 14.6. The van der Waals surface area contributed by atoms with Crippen LogP contribution in [0.5, 0.6) is 0 Å². The highest BCUT2D eigenvalue weighted by atomic mass is 19.1. The third kappa shape index (κ3) is 3.03. The van der Waals surface area contributed by atoms with Gasteiger partial charge in [0.05, 0.1) is 13.2 Å². The molecule has 0 fully saturated rings. The molecule has 0 aliphatic heterocycles. The summed E-state index contributed by atoms with van der Waals surface area (Å²) < 4.78 is 26.5. The summed E-state index contributed by atoms with van der Waals surface area (Å²) in [4.78, 5) is 0. The molecule has 0 aliphatic rings. The van der Waals surface area contributed by atoms with E-state index in [1.54, 1.807) is 24.3 Å². The van der Waals surface area contributed by atoms with Crippen LogP contribution in [0.4, 0.5) is 8.78 Å². The zero-order chi connectivity index (χ0) is 14.6. The molecule has 20 heavy (non-hydrogen) atoms. The third-order valence-electron chi connectivity index (χ3n) is 3.46. The monoisotopic (exact) mass is 278 g/mol. The normalized spacial score (nSPS) is 11.6. The zero-order valence-corrected chi connectivity index (χ0v) is 10.9. The predicted molar refractivity (Wildman–Crippen MR) is 72.4 cm³/mol. The summed E-state index contributed by atoms with van der Waals surface area (Å²) in [5.41, 5.74) is 0.172. The highest BCUT2D eigenvalue weighted by Gasteiger charge is 2.31. The van der Waals surface area contributed by atoms with Crippen LogP contribution in [-0.4, -0.2) is 23.4 Å². The van der Waals surface area contributed by atoms with E-state index in [1.807, 2.05) is 6.07 Å². The van der Waals surface area contributed by atoms with Crippen LogP contribution in [0.3, 0.4) is 0 Å². The Morgan fingerprint density at radius 3 is 1.90 bits per heavy atom. The molecule has 0 unspecified atom stereocenters. The summed E-state index contributed by atoms with van der Waals surface area (Å²) in [6.45, 7) is -0.628. The van der Waals surface area contributed by atoms with Gasteiger partial charge in [-0.25, -0.2) is 8.78 Å². The molecule has 2 aromatic rings. The summed E-state index contributed by atoms with van der Waals surface area (Å²) in [5, 5.41) is 19.4. The predicted octanol–water partition coefficient (Wildman–Crippen LogP) is 2.43. The fourth-order valence-corrected chi connectivity index (χ4v) is 2.34. The van der Waals surface area contributed by atoms with E-state index >= 15 is 0 Å². The number of hydrogen-bond donors (Lipinski definition) is 2. The van der Waals surface area contributed by atoms with E-state index in [4.69, 9.17) is 0 Å². The van der Waals surface area contributed by atoms with Gasteiger partial charge >= 0.3 is 0 Å². The van der Waals surface area contributed by atoms with Crippen LogP contribution in [-0.2, 0) is 11.8 Å². The molecule has 0 heterocycles. The van der Waals surface area contributed by atoms with Crippen molar-refractivity contribution in [2.24, 2.45) is 0 Å². The minimum Gasteiger partial charge on any atom is -0.395 e. The van der Waals surface area contributed by atoms with Gasteiger partial charge in [-0.1, -0.05) is 30.3 Å². The highest BCUT2D eigenvalue weighted by molar-refractivity contribution is 5.30. The molecule has 0 aliphatic carbocycles. The van der Waals surface area contributed by atoms with Gasteiger partial charge in [0, 0.05) is 11.5 Å². The maximum absolute atomic E-state index is 13.2. The Kier molecular flexibility index (Phi) is 4.47. The van der Waals surface area contributed by atoms with E-state index in [0.29, 0.717) is 5.56 Å². The number of aliphatic hydroxyl groups excluding tert-OH is 2. The molecule has 4 heteroatoms. The molecule has 0 radical (unpaired) electrons. The molecule has 2 aromatic carbocycles. The van der Waals surface area contributed by atoms with E-state index in [2.05, 4.69) is 0 Å². The molecule has 0 amide bonds. The van der Waals surface area contributed by atoms with Crippen LogP contribution < -0.4 is 0 Å². The van der Waals surface area contributed by atoms with E-state index in [0.717, 1.165) is 11.6 Å². The van der Waals surface area contributed by atoms with Crippen molar-refractivity contribution >= 4 is 0 Å². The lowest BCUT2D eigenvalue weighted by Crippen LogP contribution is -2.37. The lowest BCUT2D eigenvalue weighted by atomic mass is 9.77. The molecular weight excluding hydrogens is 262 g/mol. The summed E-state index contributed by atoms with van der Waals surface area (Å²) in [7, 11) is 0. The Balaban J connectivity index is 2.39. The van der Waals surface area contributed by atoms with Gasteiger partial charge in [0.1, 0.15) is 11.6 Å². The minimum absolute atomic E-state index is 0.151. The lowest BCUT2D eigenvalue weighted by Gasteiger charge is -2.30. The molecule has 0 saturated carbocycles. The van der Waals surface area contributed by atoms with Crippen LogP contribution in [0.25, 0.3) is 0 Å². The van der Waals surface area contributed by atoms with Crippen LogP contribution in [0.1, 0.15) is 11.1 Å². The van der Waals surface area contributed by atoms with E-state index in [-0.39, 0.29) is 19.6 Å². The molecule has 106 valence electrons. The Labute approximate surface area is 116 Å². The van der Waals surface area contributed by atoms with Crippen molar-refractivity contribution < 1.29 is 19.0 Å². The van der Waals surface area contributed by atoms with Crippen molar-refractivity contribution in [3.8, 4) is 0 Å².